The van der Waals surface area contributed by atoms with Gasteiger partial charge >= 0.3 is 18.0 Å². The van der Waals surface area contributed by atoms with Crippen molar-refractivity contribution in [2.45, 2.75) is 6.61 Å². The van der Waals surface area contributed by atoms with Crippen LogP contribution in [0.3, 0.4) is 0 Å². The summed E-state index contributed by atoms with van der Waals surface area (Å²) in [6.45, 7) is 0.0710. The number of amides is 2. The summed E-state index contributed by atoms with van der Waals surface area (Å²) in [6.07, 6.45) is 0. The highest BCUT2D eigenvalue weighted by atomic mass is 16.5. The fraction of sp³-hybridized carbons (Fsp3) is 0.118. The van der Waals surface area contributed by atoms with Crippen LogP contribution in [0.25, 0.3) is 0 Å². The molecule has 124 valence electrons. The molecule has 0 aromatic heterocycles. The second-order valence-electron chi connectivity index (χ2n) is 4.83. The summed E-state index contributed by atoms with van der Waals surface area (Å²) in [5.74, 6) is -0.930. The zero-order chi connectivity index (χ0) is 17.5. The highest BCUT2D eigenvalue weighted by Gasteiger charge is 2.09. The first-order chi connectivity index (χ1) is 11.5. The molecule has 2 rings (SSSR count). The standard InChI is InChI=1S/C17H16N2O5/c1-23-15(20)12-4-2-11(3-5-12)10-24-16(21)13-6-8-14(9-7-13)19-17(18)22/h2-9H,10H2,1H3,(H3,18,19,22). The SMILES string of the molecule is COC(=O)c1ccc(COC(=O)c2ccc(NC(N)=O)cc2)cc1. The van der Waals surface area contributed by atoms with Crippen LogP contribution < -0.4 is 11.1 Å². The Morgan fingerprint density at radius 1 is 0.917 bits per heavy atom. The molecule has 2 aromatic carbocycles. The highest BCUT2D eigenvalue weighted by Crippen LogP contribution is 2.12. The molecule has 7 heteroatoms. The first-order valence-electron chi connectivity index (χ1n) is 7.00. The van der Waals surface area contributed by atoms with E-state index in [2.05, 4.69) is 10.1 Å². The Bertz CT molecular complexity index is 739. The molecule has 7 nitrogen and oxygen atoms in total. The number of esters is 2. The number of anilines is 1. The Kier molecular flexibility index (Phi) is 5.51. The van der Waals surface area contributed by atoms with E-state index in [-0.39, 0.29) is 6.61 Å². The summed E-state index contributed by atoms with van der Waals surface area (Å²) in [7, 11) is 1.31. The van der Waals surface area contributed by atoms with Gasteiger partial charge in [-0.3, -0.25) is 0 Å². The minimum atomic E-state index is -0.680. The predicted octanol–water partition coefficient (Wildman–Crippen LogP) is 2.32. The van der Waals surface area contributed by atoms with E-state index in [0.29, 0.717) is 16.8 Å². The Labute approximate surface area is 138 Å². The van der Waals surface area contributed by atoms with Gasteiger partial charge in [0.25, 0.3) is 0 Å². The van der Waals surface area contributed by atoms with Crippen molar-refractivity contribution in [3.63, 3.8) is 0 Å². The Balaban J connectivity index is 1.92. The van der Waals surface area contributed by atoms with E-state index in [1.165, 1.54) is 19.2 Å². The monoisotopic (exact) mass is 328 g/mol. The molecule has 0 saturated carbocycles. The quantitative estimate of drug-likeness (QED) is 0.819. The predicted molar refractivity (Wildman–Crippen MR) is 86.5 cm³/mol. The van der Waals surface area contributed by atoms with E-state index >= 15 is 0 Å². The van der Waals surface area contributed by atoms with Crippen molar-refractivity contribution in [1.82, 2.24) is 0 Å². The van der Waals surface area contributed by atoms with Crippen LogP contribution in [-0.2, 0) is 16.1 Å². The molecule has 0 saturated heterocycles. The van der Waals surface area contributed by atoms with Crippen molar-refractivity contribution >= 4 is 23.7 Å². The lowest BCUT2D eigenvalue weighted by molar-refractivity contribution is 0.0471. The molecule has 0 aliphatic carbocycles. The fourth-order valence-electron chi connectivity index (χ4n) is 1.92. The molecule has 24 heavy (non-hydrogen) atoms. The molecule has 0 radical (unpaired) electrons. The number of benzene rings is 2. The second kappa shape index (κ2) is 7.77. The fourth-order valence-corrected chi connectivity index (χ4v) is 1.92. The molecule has 0 spiro atoms. The van der Waals surface area contributed by atoms with Gasteiger partial charge in [-0.25, -0.2) is 14.4 Å². The zero-order valence-electron chi connectivity index (χ0n) is 12.9. The van der Waals surface area contributed by atoms with Crippen LogP contribution in [0.5, 0.6) is 0 Å². The molecule has 0 bridgehead atoms. The van der Waals surface area contributed by atoms with Gasteiger partial charge in [0.1, 0.15) is 6.61 Å². The molecule has 2 amide bonds. The number of hydrogen-bond donors (Lipinski definition) is 2. The van der Waals surface area contributed by atoms with Crippen molar-refractivity contribution in [3.8, 4) is 0 Å². The number of nitrogens with two attached hydrogens (primary N) is 1. The van der Waals surface area contributed by atoms with Gasteiger partial charge < -0.3 is 20.5 Å². The Morgan fingerprint density at radius 2 is 1.46 bits per heavy atom. The maximum atomic E-state index is 12.0. The minimum Gasteiger partial charge on any atom is -0.465 e. The van der Waals surface area contributed by atoms with E-state index < -0.39 is 18.0 Å². The zero-order valence-corrected chi connectivity index (χ0v) is 12.9. The molecule has 0 aliphatic rings. The van der Waals surface area contributed by atoms with E-state index in [4.69, 9.17) is 10.5 Å². The first kappa shape index (κ1) is 17.0. The van der Waals surface area contributed by atoms with E-state index in [0.717, 1.165) is 5.56 Å². The van der Waals surface area contributed by atoms with Crippen LogP contribution in [0.1, 0.15) is 26.3 Å². The maximum Gasteiger partial charge on any atom is 0.338 e. The molecule has 0 unspecified atom stereocenters. The number of primary amides is 1. The molecule has 3 N–H and O–H groups in total. The third-order valence-corrected chi connectivity index (χ3v) is 3.13. The summed E-state index contributed by atoms with van der Waals surface area (Å²) >= 11 is 0. The Hall–Kier alpha value is -3.35. The van der Waals surface area contributed by atoms with Gasteiger partial charge in [-0.1, -0.05) is 12.1 Å². The molecular weight excluding hydrogens is 312 g/mol. The van der Waals surface area contributed by atoms with Crippen LogP contribution >= 0.6 is 0 Å². The molecular formula is C17H16N2O5. The lowest BCUT2D eigenvalue weighted by atomic mass is 10.1. The molecule has 0 aliphatic heterocycles. The minimum absolute atomic E-state index is 0.0710. The van der Waals surface area contributed by atoms with Gasteiger partial charge in [0.05, 0.1) is 18.2 Å². The number of hydrogen-bond acceptors (Lipinski definition) is 5. The van der Waals surface area contributed by atoms with Gasteiger partial charge in [-0.15, -0.1) is 0 Å². The van der Waals surface area contributed by atoms with E-state index in [9.17, 15) is 14.4 Å². The summed E-state index contributed by atoms with van der Waals surface area (Å²) < 4.78 is 9.80. The average Bonchev–Trinajstić information content (AvgIpc) is 2.59. The number of urea groups is 1. The molecule has 0 fully saturated rings. The molecule has 2 aromatic rings. The van der Waals surface area contributed by atoms with Gasteiger partial charge in [0.15, 0.2) is 0 Å². The van der Waals surface area contributed by atoms with Crippen molar-refractivity contribution in [3.05, 3.63) is 65.2 Å². The first-order valence-corrected chi connectivity index (χ1v) is 7.00. The van der Waals surface area contributed by atoms with Crippen molar-refractivity contribution in [2.24, 2.45) is 5.73 Å². The van der Waals surface area contributed by atoms with Crippen molar-refractivity contribution in [1.29, 1.82) is 0 Å². The average molecular weight is 328 g/mol. The topological polar surface area (TPSA) is 108 Å². The summed E-state index contributed by atoms with van der Waals surface area (Å²) in [5, 5.41) is 2.40. The van der Waals surface area contributed by atoms with Gasteiger partial charge in [-0.2, -0.15) is 0 Å². The normalized spacial score (nSPS) is 9.88. The summed E-state index contributed by atoms with van der Waals surface area (Å²) in [4.78, 5) is 34.0. The third kappa shape index (κ3) is 4.57. The third-order valence-electron chi connectivity index (χ3n) is 3.13. The van der Waals surface area contributed by atoms with E-state index in [1.54, 1.807) is 36.4 Å². The lowest BCUT2D eigenvalue weighted by Gasteiger charge is -2.07. The number of carbonyl (C=O) groups is 3. The number of nitrogens with one attached hydrogen (secondary N) is 1. The number of ether oxygens (including phenoxy) is 2. The highest BCUT2D eigenvalue weighted by molar-refractivity contribution is 5.92. The van der Waals surface area contributed by atoms with Crippen molar-refractivity contribution in [2.75, 3.05) is 12.4 Å². The number of rotatable bonds is 5. The van der Waals surface area contributed by atoms with Crippen LogP contribution in [-0.4, -0.2) is 25.1 Å². The van der Waals surface area contributed by atoms with Crippen LogP contribution in [0.2, 0.25) is 0 Å². The number of carbonyl (C=O) groups excluding carboxylic acids is 3. The van der Waals surface area contributed by atoms with Crippen molar-refractivity contribution < 1.29 is 23.9 Å². The lowest BCUT2D eigenvalue weighted by Crippen LogP contribution is -2.19. The van der Waals surface area contributed by atoms with E-state index in [1.807, 2.05) is 0 Å². The van der Waals surface area contributed by atoms with Gasteiger partial charge in [-0.05, 0) is 42.0 Å². The number of methoxy groups -OCH3 is 1. The molecule has 0 heterocycles. The van der Waals surface area contributed by atoms with Crippen LogP contribution in [0, 0.1) is 0 Å². The van der Waals surface area contributed by atoms with Gasteiger partial charge in [0, 0.05) is 5.69 Å². The Morgan fingerprint density at radius 3 is 2.00 bits per heavy atom. The largest absolute Gasteiger partial charge is 0.465 e. The summed E-state index contributed by atoms with van der Waals surface area (Å²) in [6, 6.07) is 12.0. The smallest absolute Gasteiger partial charge is 0.338 e. The van der Waals surface area contributed by atoms with Crippen LogP contribution in [0.4, 0.5) is 10.5 Å². The second-order valence-corrected chi connectivity index (χ2v) is 4.83. The van der Waals surface area contributed by atoms with Gasteiger partial charge in [0.2, 0.25) is 0 Å². The summed E-state index contributed by atoms with van der Waals surface area (Å²) in [5.41, 5.74) is 6.99. The maximum absolute atomic E-state index is 12.0. The molecule has 0 atom stereocenters. The van der Waals surface area contributed by atoms with Crippen LogP contribution in [0.15, 0.2) is 48.5 Å².